The van der Waals surface area contributed by atoms with E-state index in [0.717, 1.165) is 5.57 Å². The lowest BCUT2D eigenvalue weighted by molar-refractivity contribution is -0.283. The van der Waals surface area contributed by atoms with Crippen molar-refractivity contribution in [2.24, 2.45) is 22.7 Å². The number of esters is 2. The highest BCUT2D eigenvalue weighted by molar-refractivity contribution is 5.98. The Kier molecular flexibility index (Phi) is 5.43. The first kappa shape index (κ1) is 27.1. The van der Waals surface area contributed by atoms with Crippen LogP contribution in [0.15, 0.2) is 23.3 Å². The molecule has 0 amide bonds. The largest absolute Gasteiger partial charge is 0.455 e. The van der Waals surface area contributed by atoms with Crippen LogP contribution in [0.1, 0.15) is 80.1 Å². The number of rotatable bonds is 3. The third-order valence-corrected chi connectivity index (χ3v) is 12.4. The highest BCUT2D eigenvalue weighted by Crippen LogP contribution is 2.75. The van der Waals surface area contributed by atoms with Crippen LogP contribution in [0.5, 0.6) is 0 Å². The topological polar surface area (TPSA) is 143 Å². The molecule has 0 aromatic carbocycles. The van der Waals surface area contributed by atoms with Gasteiger partial charge in [-0.1, -0.05) is 12.5 Å². The Balaban J connectivity index is 1.37. The first-order valence-corrected chi connectivity index (χ1v) is 14.1. The normalized spacial score (nSPS) is 51.7. The molecule has 3 saturated carbocycles. The second kappa shape index (κ2) is 7.81. The lowest BCUT2D eigenvalue weighted by Crippen LogP contribution is -2.73. The van der Waals surface area contributed by atoms with Crippen molar-refractivity contribution in [3.05, 3.63) is 23.3 Å². The van der Waals surface area contributed by atoms with Gasteiger partial charge in [-0.2, -0.15) is 0 Å². The number of carbonyl (C=O) groups excluding carboxylic acids is 3. The van der Waals surface area contributed by atoms with E-state index in [1.807, 2.05) is 20.8 Å². The molecule has 0 unspecified atom stereocenters. The van der Waals surface area contributed by atoms with Crippen molar-refractivity contribution < 1.29 is 43.9 Å². The highest BCUT2D eigenvalue weighted by Gasteiger charge is 2.84. The van der Waals surface area contributed by atoms with Gasteiger partial charge in [0.1, 0.15) is 22.9 Å². The number of aliphatic hydroxyl groups is 3. The fourth-order valence-electron chi connectivity index (χ4n) is 9.70. The van der Waals surface area contributed by atoms with Gasteiger partial charge in [-0.3, -0.25) is 9.59 Å². The molecule has 2 heterocycles. The molecular weight excluding hydrogens is 504 g/mol. The maximum atomic E-state index is 13.6. The molecule has 39 heavy (non-hydrogen) atoms. The van der Waals surface area contributed by atoms with E-state index in [0.29, 0.717) is 31.3 Å². The van der Waals surface area contributed by atoms with E-state index < -0.39 is 69.4 Å². The summed E-state index contributed by atoms with van der Waals surface area (Å²) >= 11 is 0. The Bertz CT molecular complexity index is 1230. The first-order chi connectivity index (χ1) is 18.0. The maximum absolute atomic E-state index is 13.6. The summed E-state index contributed by atoms with van der Waals surface area (Å²) in [4.78, 5) is 38.0. The summed E-state index contributed by atoms with van der Waals surface area (Å²) in [6.45, 7) is 10.1. The van der Waals surface area contributed by atoms with E-state index in [1.165, 1.54) is 19.9 Å². The molecule has 4 fully saturated rings. The molecule has 11 atom stereocenters. The number of carbonyl (C=O) groups is 3. The minimum atomic E-state index is -1.83. The predicted molar refractivity (Wildman–Crippen MR) is 137 cm³/mol. The lowest BCUT2D eigenvalue weighted by Gasteiger charge is -2.63. The van der Waals surface area contributed by atoms with Crippen LogP contribution in [0.2, 0.25) is 0 Å². The van der Waals surface area contributed by atoms with Gasteiger partial charge in [0.05, 0.1) is 17.1 Å². The zero-order valence-electron chi connectivity index (χ0n) is 23.6. The monoisotopic (exact) mass is 544 g/mol. The third-order valence-electron chi connectivity index (χ3n) is 12.4. The molecule has 2 aliphatic heterocycles. The Morgan fingerprint density at radius 2 is 1.82 bits per heavy atom. The smallest absolute Gasteiger partial charge is 0.334 e. The zero-order chi connectivity index (χ0) is 28.6. The fraction of sp³-hybridized carbons (Fsp3) is 0.767. The van der Waals surface area contributed by atoms with E-state index in [9.17, 15) is 29.7 Å². The van der Waals surface area contributed by atoms with Crippen LogP contribution in [-0.2, 0) is 28.6 Å². The van der Waals surface area contributed by atoms with Crippen LogP contribution in [0.4, 0.5) is 0 Å². The highest BCUT2D eigenvalue weighted by atomic mass is 16.7. The number of allylic oxidation sites excluding steroid dienone is 1. The van der Waals surface area contributed by atoms with E-state index in [2.05, 4.69) is 0 Å². The summed E-state index contributed by atoms with van der Waals surface area (Å²) in [6.07, 6.45) is 2.97. The van der Waals surface area contributed by atoms with Gasteiger partial charge in [-0.15, -0.1) is 0 Å². The Morgan fingerprint density at radius 1 is 1.13 bits per heavy atom. The standard InChI is InChI=1S/C30H40O9/c1-15-13-22(38-24(33)16(15)2)27(6,34)29(36)12-11-28(35)19-14-23-30(39-23)21(37-17(3)31)8-7-20(32)26(30,5)18(19)9-10-25(28,29)4/h7-8,18-19,21-23,34-36H,9-14H2,1-6H3/t18-,19+,21+,22+,23+,25-,26-,27-,28+,29-,30+/m0/s1. The molecule has 9 nitrogen and oxygen atoms in total. The summed E-state index contributed by atoms with van der Waals surface area (Å²) in [5, 5.41) is 37.0. The second-order valence-electron chi connectivity index (χ2n) is 13.6. The molecule has 214 valence electrons. The van der Waals surface area contributed by atoms with Crippen molar-refractivity contribution in [2.45, 2.75) is 121 Å². The number of hydrogen-bond donors (Lipinski definition) is 3. The number of ketones is 1. The van der Waals surface area contributed by atoms with Gasteiger partial charge in [0.25, 0.3) is 0 Å². The predicted octanol–water partition coefficient (Wildman–Crippen LogP) is 2.30. The van der Waals surface area contributed by atoms with Gasteiger partial charge >= 0.3 is 11.9 Å². The van der Waals surface area contributed by atoms with Gasteiger partial charge in [0.15, 0.2) is 11.9 Å². The van der Waals surface area contributed by atoms with E-state index in [-0.39, 0.29) is 24.5 Å². The van der Waals surface area contributed by atoms with Gasteiger partial charge in [0, 0.05) is 24.3 Å². The van der Waals surface area contributed by atoms with Crippen LogP contribution in [0.3, 0.4) is 0 Å². The molecule has 1 saturated heterocycles. The molecule has 3 N–H and O–H groups in total. The van der Waals surface area contributed by atoms with E-state index in [1.54, 1.807) is 13.0 Å². The number of cyclic esters (lactones) is 1. The molecule has 1 spiro atoms. The summed E-state index contributed by atoms with van der Waals surface area (Å²) in [7, 11) is 0. The molecule has 0 radical (unpaired) electrons. The van der Waals surface area contributed by atoms with Gasteiger partial charge < -0.3 is 29.5 Å². The first-order valence-electron chi connectivity index (χ1n) is 14.1. The average molecular weight is 545 g/mol. The van der Waals surface area contributed by atoms with Crippen molar-refractivity contribution in [3.8, 4) is 0 Å². The van der Waals surface area contributed by atoms with E-state index >= 15 is 0 Å². The number of ether oxygens (including phenoxy) is 3. The summed E-state index contributed by atoms with van der Waals surface area (Å²) in [6, 6.07) is 0. The van der Waals surface area contributed by atoms with Crippen LogP contribution in [-0.4, -0.2) is 73.8 Å². The molecule has 0 aromatic heterocycles. The average Bonchev–Trinajstić information content (AvgIpc) is 3.55. The van der Waals surface area contributed by atoms with Crippen LogP contribution >= 0.6 is 0 Å². The van der Waals surface area contributed by atoms with Gasteiger partial charge in [-0.25, -0.2) is 4.79 Å². The Labute approximate surface area is 228 Å². The van der Waals surface area contributed by atoms with Crippen LogP contribution < -0.4 is 0 Å². The minimum Gasteiger partial charge on any atom is -0.455 e. The lowest BCUT2D eigenvalue weighted by atomic mass is 9.42. The summed E-state index contributed by atoms with van der Waals surface area (Å²) in [5.74, 6) is -1.74. The molecule has 4 aliphatic carbocycles. The van der Waals surface area contributed by atoms with Crippen LogP contribution in [0, 0.1) is 22.7 Å². The Morgan fingerprint density at radius 3 is 2.46 bits per heavy atom. The van der Waals surface area contributed by atoms with Crippen molar-refractivity contribution in [3.63, 3.8) is 0 Å². The van der Waals surface area contributed by atoms with Crippen molar-refractivity contribution >= 4 is 17.7 Å². The molecule has 6 aliphatic rings. The quantitative estimate of drug-likeness (QED) is 0.360. The third kappa shape index (κ3) is 2.92. The molecule has 6 rings (SSSR count). The van der Waals surface area contributed by atoms with Crippen molar-refractivity contribution in [1.29, 1.82) is 0 Å². The molecule has 9 heteroatoms. The van der Waals surface area contributed by atoms with Crippen molar-refractivity contribution in [1.82, 2.24) is 0 Å². The molecular formula is C30H40O9. The number of fused-ring (bicyclic) bond motifs is 4. The molecule has 0 bridgehead atoms. The summed E-state index contributed by atoms with van der Waals surface area (Å²) in [5.41, 5.74) is -6.82. The fourth-order valence-corrected chi connectivity index (χ4v) is 9.70. The maximum Gasteiger partial charge on any atom is 0.334 e. The number of hydrogen-bond acceptors (Lipinski definition) is 9. The molecule has 0 aromatic rings. The summed E-state index contributed by atoms with van der Waals surface area (Å²) < 4.78 is 17.5. The Hall–Kier alpha value is -2.07. The SMILES string of the molecule is CC(=O)O[C@@H]1C=CC(=O)[C@]2(C)[C@H]3CC[C@]4(C)[C@](O)([C@@](C)(O)[C@H]5CC(C)=C(C)C(=O)O5)CC[C@@]4(O)[C@@H]3C[C@H]3O[C@]132. The van der Waals surface area contributed by atoms with Crippen LogP contribution in [0.25, 0.3) is 0 Å². The second-order valence-corrected chi connectivity index (χ2v) is 13.6. The van der Waals surface area contributed by atoms with Gasteiger partial charge in [-0.05, 0) is 83.8 Å². The van der Waals surface area contributed by atoms with Crippen molar-refractivity contribution in [2.75, 3.05) is 0 Å². The number of epoxide rings is 1. The van der Waals surface area contributed by atoms with Gasteiger partial charge in [0.2, 0.25) is 0 Å². The zero-order valence-corrected chi connectivity index (χ0v) is 23.6. The minimum absolute atomic E-state index is 0.109. The van der Waals surface area contributed by atoms with E-state index in [4.69, 9.17) is 14.2 Å².